The quantitative estimate of drug-likeness (QED) is 0.245. The molecular formula is C18H22O10S2. The van der Waals surface area contributed by atoms with Gasteiger partial charge in [-0.3, -0.25) is 18.3 Å². The fourth-order valence-corrected chi connectivity index (χ4v) is 8.24. The normalized spacial score (nSPS) is 44.5. The van der Waals surface area contributed by atoms with Crippen LogP contribution in [0.25, 0.3) is 0 Å². The van der Waals surface area contributed by atoms with Gasteiger partial charge in [-0.25, -0.2) is 0 Å². The van der Waals surface area contributed by atoms with Crippen LogP contribution in [0, 0.1) is 35.5 Å². The second-order valence-corrected chi connectivity index (χ2v) is 12.2. The van der Waals surface area contributed by atoms with E-state index in [1.165, 1.54) is 0 Å². The lowest BCUT2D eigenvalue weighted by Crippen LogP contribution is -2.42. The van der Waals surface area contributed by atoms with Crippen LogP contribution in [-0.4, -0.2) is 63.1 Å². The Morgan fingerprint density at radius 3 is 2.40 bits per heavy atom. The number of carbonyl (C=O) groups excluding carboxylic acids is 2. The molecule has 0 aromatic rings. The van der Waals surface area contributed by atoms with Crippen LogP contribution in [0.4, 0.5) is 0 Å². The van der Waals surface area contributed by atoms with Crippen molar-refractivity contribution in [1.29, 1.82) is 0 Å². The van der Waals surface area contributed by atoms with Crippen molar-refractivity contribution in [2.75, 3.05) is 12.4 Å². The minimum absolute atomic E-state index is 0.0690. The average molecular weight is 462 g/mol. The lowest BCUT2D eigenvalue weighted by Gasteiger charge is -2.30. The molecule has 9 atom stereocenters. The summed E-state index contributed by atoms with van der Waals surface area (Å²) in [6.45, 7) is -0.501. The number of hydrogen-bond acceptors (Lipinski definition) is 9. The summed E-state index contributed by atoms with van der Waals surface area (Å²) in [5, 5.41) is -0.515. The molecule has 1 aliphatic heterocycles. The van der Waals surface area contributed by atoms with Gasteiger partial charge in [0, 0.05) is 11.8 Å². The summed E-state index contributed by atoms with van der Waals surface area (Å²) in [7, 11) is -7.88. The number of rotatable bonds is 6. The monoisotopic (exact) mass is 462 g/mol. The second kappa shape index (κ2) is 6.75. The van der Waals surface area contributed by atoms with Gasteiger partial charge >= 0.3 is 11.9 Å². The highest BCUT2D eigenvalue weighted by molar-refractivity contribution is 7.87. The molecule has 9 unspecified atom stereocenters. The van der Waals surface area contributed by atoms with E-state index < -0.39 is 73.8 Å². The van der Waals surface area contributed by atoms with Crippen molar-refractivity contribution >= 4 is 32.2 Å². The first-order chi connectivity index (χ1) is 14.0. The number of allylic oxidation sites excluding steroid dienone is 2. The summed E-state index contributed by atoms with van der Waals surface area (Å²) in [5.74, 6) is -4.20. The zero-order valence-electron chi connectivity index (χ0n) is 15.8. The zero-order chi connectivity index (χ0) is 21.4. The SMILES string of the molecule is O=C(OCCS(=O)(=O)O)C1C2C=CC(C2)C1C(=O)OC1C2CC3C1OS(=O)(=O)C3C2. The summed E-state index contributed by atoms with van der Waals surface area (Å²) in [6, 6.07) is 0. The van der Waals surface area contributed by atoms with Crippen molar-refractivity contribution in [3.8, 4) is 0 Å². The fraction of sp³-hybridized carbons (Fsp3) is 0.778. The van der Waals surface area contributed by atoms with Gasteiger partial charge in [-0.05, 0) is 31.1 Å². The van der Waals surface area contributed by atoms with Gasteiger partial charge in [0.1, 0.15) is 24.6 Å². The number of esters is 2. The average Bonchev–Trinajstić information content (AvgIpc) is 3.41. The molecule has 4 aliphatic carbocycles. The molecule has 3 saturated carbocycles. The topological polar surface area (TPSA) is 150 Å². The van der Waals surface area contributed by atoms with E-state index in [9.17, 15) is 26.4 Å². The molecule has 0 aromatic carbocycles. The van der Waals surface area contributed by atoms with E-state index in [0.717, 1.165) is 0 Å². The smallest absolute Gasteiger partial charge is 0.310 e. The molecule has 1 saturated heterocycles. The predicted octanol–water partition coefficient (Wildman–Crippen LogP) is -0.0955. The Kier molecular flexibility index (Phi) is 4.59. The van der Waals surface area contributed by atoms with E-state index in [-0.39, 0.29) is 23.7 Å². The maximum absolute atomic E-state index is 13.0. The molecule has 4 fully saturated rings. The van der Waals surface area contributed by atoms with Gasteiger partial charge in [0.15, 0.2) is 0 Å². The fourth-order valence-electron chi connectivity index (χ4n) is 6.07. The van der Waals surface area contributed by atoms with E-state index in [0.29, 0.717) is 19.3 Å². The van der Waals surface area contributed by atoms with Gasteiger partial charge in [-0.2, -0.15) is 16.8 Å². The summed E-state index contributed by atoms with van der Waals surface area (Å²) in [6.07, 6.45) is 4.06. The van der Waals surface area contributed by atoms with Crippen LogP contribution in [0.15, 0.2) is 12.2 Å². The minimum atomic E-state index is -4.26. The molecule has 5 rings (SSSR count). The highest BCUT2D eigenvalue weighted by Gasteiger charge is 2.66. The van der Waals surface area contributed by atoms with Gasteiger partial charge in [0.2, 0.25) is 0 Å². The Morgan fingerprint density at radius 2 is 1.73 bits per heavy atom. The Labute approximate surface area is 173 Å². The van der Waals surface area contributed by atoms with Gasteiger partial charge in [-0.15, -0.1) is 0 Å². The van der Waals surface area contributed by atoms with Crippen molar-refractivity contribution in [3.63, 3.8) is 0 Å². The molecule has 0 spiro atoms. The highest BCUT2D eigenvalue weighted by Crippen LogP contribution is 2.56. The molecule has 0 amide bonds. The standard InChI is InChI=1S/C18H22O10S2/c19-17(26-3-4-29(21,22)23)13-8-1-2-9(5-8)14(13)18(20)27-15-10-6-11-12(7-10)30(24,25)28-16(11)15/h1-2,8-16H,3-7H2,(H,21,22,23). The molecule has 166 valence electrons. The van der Waals surface area contributed by atoms with Gasteiger partial charge in [0.25, 0.3) is 20.2 Å². The Bertz CT molecular complexity index is 1020. The molecule has 1 heterocycles. The third kappa shape index (κ3) is 3.19. The van der Waals surface area contributed by atoms with Crippen molar-refractivity contribution in [2.24, 2.45) is 35.5 Å². The van der Waals surface area contributed by atoms with E-state index in [2.05, 4.69) is 0 Å². The van der Waals surface area contributed by atoms with Crippen LogP contribution < -0.4 is 0 Å². The number of carbonyl (C=O) groups is 2. The molecule has 5 aliphatic rings. The van der Waals surface area contributed by atoms with Crippen LogP contribution in [0.1, 0.15) is 19.3 Å². The van der Waals surface area contributed by atoms with E-state index in [1.54, 1.807) is 0 Å². The van der Waals surface area contributed by atoms with E-state index in [1.807, 2.05) is 12.2 Å². The van der Waals surface area contributed by atoms with Crippen LogP contribution in [0.5, 0.6) is 0 Å². The lowest BCUT2D eigenvalue weighted by molar-refractivity contribution is -0.169. The molecule has 30 heavy (non-hydrogen) atoms. The van der Waals surface area contributed by atoms with Crippen molar-refractivity contribution in [2.45, 2.75) is 36.7 Å². The van der Waals surface area contributed by atoms with Gasteiger partial charge in [-0.1, -0.05) is 12.2 Å². The first-order valence-electron chi connectivity index (χ1n) is 9.98. The van der Waals surface area contributed by atoms with Crippen molar-refractivity contribution in [3.05, 3.63) is 12.2 Å². The molecule has 0 aromatic heterocycles. The lowest BCUT2D eigenvalue weighted by atomic mass is 9.83. The van der Waals surface area contributed by atoms with Gasteiger partial charge < -0.3 is 9.47 Å². The first-order valence-corrected chi connectivity index (χ1v) is 13.1. The third-order valence-electron chi connectivity index (χ3n) is 7.26. The summed E-state index contributed by atoms with van der Waals surface area (Å²) < 4.78 is 70.6. The van der Waals surface area contributed by atoms with Crippen LogP contribution >= 0.6 is 0 Å². The molecule has 10 nitrogen and oxygen atoms in total. The van der Waals surface area contributed by atoms with Crippen LogP contribution in [0.3, 0.4) is 0 Å². The molecule has 0 radical (unpaired) electrons. The third-order valence-corrected chi connectivity index (χ3v) is 9.71. The summed E-state index contributed by atoms with van der Waals surface area (Å²) in [5.41, 5.74) is 0. The first kappa shape index (κ1) is 20.4. The minimum Gasteiger partial charge on any atom is -0.464 e. The Morgan fingerprint density at radius 1 is 1.07 bits per heavy atom. The predicted molar refractivity (Wildman–Crippen MR) is 98.8 cm³/mol. The number of ether oxygens (including phenoxy) is 2. The van der Waals surface area contributed by atoms with Gasteiger partial charge in [0.05, 0.1) is 17.1 Å². The van der Waals surface area contributed by atoms with E-state index in [4.69, 9.17) is 18.2 Å². The Balaban J connectivity index is 1.28. The molecular weight excluding hydrogens is 440 g/mol. The van der Waals surface area contributed by atoms with Crippen LogP contribution in [0.2, 0.25) is 0 Å². The largest absolute Gasteiger partial charge is 0.464 e. The number of fused-ring (bicyclic) bond motifs is 3. The second-order valence-electron chi connectivity index (χ2n) is 8.84. The Hall–Kier alpha value is -1.50. The maximum Gasteiger partial charge on any atom is 0.310 e. The maximum atomic E-state index is 13.0. The molecule has 1 N–H and O–H groups in total. The van der Waals surface area contributed by atoms with E-state index >= 15 is 0 Å². The van der Waals surface area contributed by atoms with Crippen LogP contribution in [-0.2, 0) is 43.5 Å². The number of hydrogen-bond donors (Lipinski definition) is 1. The highest BCUT2D eigenvalue weighted by atomic mass is 32.2. The molecule has 12 heteroatoms. The van der Waals surface area contributed by atoms with Crippen molar-refractivity contribution < 1.29 is 44.6 Å². The summed E-state index contributed by atoms with van der Waals surface area (Å²) >= 11 is 0. The summed E-state index contributed by atoms with van der Waals surface area (Å²) in [4.78, 5) is 25.6. The zero-order valence-corrected chi connectivity index (χ0v) is 17.5. The van der Waals surface area contributed by atoms with Crippen molar-refractivity contribution in [1.82, 2.24) is 0 Å². The molecule has 4 bridgehead atoms.